The predicted octanol–water partition coefficient (Wildman–Crippen LogP) is 1.98. The molecule has 0 saturated carbocycles. The van der Waals surface area contributed by atoms with E-state index in [1.54, 1.807) is 11.0 Å². The summed E-state index contributed by atoms with van der Waals surface area (Å²) < 4.78 is 0. The van der Waals surface area contributed by atoms with Gasteiger partial charge in [0.2, 0.25) is 0 Å². The Balaban J connectivity index is 1.94. The summed E-state index contributed by atoms with van der Waals surface area (Å²) in [6, 6.07) is 11.5. The molecule has 0 aliphatic carbocycles. The van der Waals surface area contributed by atoms with Gasteiger partial charge in [0, 0.05) is 24.5 Å². The Bertz CT molecular complexity index is 654. The third kappa shape index (κ3) is 2.12. The van der Waals surface area contributed by atoms with Gasteiger partial charge in [0.25, 0.3) is 5.91 Å². The molecule has 1 aliphatic heterocycles. The summed E-state index contributed by atoms with van der Waals surface area (Å²) in [5, 5.41) is 15.2. The van der Waals surface area contributed by atoms with Crippen molar-refractivity contribution in [3.63, 3.8) is 0 Å². The molecule has 2 aromatic carbocycles. The topological polar surface area (TPSA) is 52.6 Å². The summed E-state index contributed by atoms with van der Waals surface area (Å²) in [6.45, 7) is 1.43. The number of aromatic hydroxyl groups is 1. The maximum Gasteiger partial charge on any atom is 0.257 e. The highest BCUT2D eigenvalue weighted by Gasteiger charge is 2.27. The number of likely N-dealkylation sites (tertiary alicyclic amines) is 1. The number of phenols is 1. The van der Waals surface area contributed by atoms with Crippen LogP contribution in [0.1, 0.15) is 16.8 Å². The van der Waals surface area contributed by atoms with Gasteiger partial charge in [-0.25, -0.2) is 0 Å². The van der Waals surface area contributed by atoms with Crippen molar-refractivity contribution < 1.29 is 9.90 Å². The van der Waals surface area contributed by atoms with Crippen LogP contribution in [0.15, 0.2) is 36.4 Å². The minimum absolute atomic E-state index is 0.0843. The number of hydrogen-bond acceptors (Lipinski definition) is 3. The number of rotatable bonds is 2. The molecule has 2 aromatic rings. The van der Waals surface area contributed by atoms with Crippen molar-refractivity contribution in [1.29, 1.82) is 0 Å². The predicted molar refractivity (Wildman–Crippen MR) is 79.0 cm³/mol. The Hall–Kier alpha value is -2.07. The molecule has 1 heterocycles. The van der Waals surface area contributed by atoms with Crippen LogP contribution in [0.2, 0.25) is 0 Å². The van der Waals surface area contributed by atoms with Gasteiger partial charge < -0.3 is 15.3 Å². The molecule has 1 saturated heterocycles. The molecule has 0 radical (unpaired) electrons. The van der Waals surface area contributed by atoms with Crippen LogP contribution in [0.4, 0.5) is 0 Å². The highest BCUT2D eigenvalue weighted by molar-refractivity contribution is 6.03. The van der Waals surface area contributed by atoms with E-state index in [0.717, 1.165) is 23.7 Å². The molecule has 0 bridgehead atoms. The second kappa shape index (κ2) is 5.13. The maximum absolute atomic E-state index is 12.5. The normalized spacial score (nSPS) is 18.6. The average molecular weight is 270 g/mol. The molecule has 1 fully saturated rings. The fourth-order valence-electron chi connectivity index (χ4n) is 2.78. The number of amides is 1. The van der Waals surface area contributed by atoms with E-state index in [2.05, 4.69) is 5.32 Å². The Morgan fingerprint density at radius 3 is 2.85 bits per heavy atom. The SMILES string of the molecule is CNC1CCN(C(=O)c2ccc3ccccc3c2O)C1. The van der Waals surface area contributed by atoms with Crippen molar-refractivity contribution in [3.05, 3.63) is 42.0 Å². The Morgan fingerprint density at radius 2 is 2.10 bits per heavy atom. The van der Waals surface area contributed by atoms with E-state index in [-0.39, 0.29) is 11.7 Å². The van der Waals surface area contributed by atoms with E-state index in [1.807, 2.05) is 37.4 Å². The first-order valence-electron chi connectivity index (χ1n) is 6.88. The molecule has 4 heteroatoms. The van der Waals surface area contributed by atoms with Crippen LogP contribution in [0.3, 0.4) is 0 Å². The van der Waals surface area contributed by atoms with E-state index in [9.17, 15) is 9.90 Å². The first-order chi connectivity index (χ1) is 9.70. The summed E-state index contributed by atoms with van der Waals surface area (Å²) in [6.07, 6.45) is 0.955. The van der Waals surface area contributed by atoms with E-state index in [4.69, 9.17) is 0 Å². The third-order valence-electron chi connectivity index (χ3n) is 4.01. The monoisotopic (exact) mass is 270 g/mol. The van der Waals surface area contributed by atoms with Gasteiger partial charge >= 0.3 is 0 Å². The molecule has 0 aromatic heterocycles. The quantitative estimate of drug-likeness (QED) is 0.877. The summed E-state index contributed by atoms with van der Waals surface area (Å²) in [7, 11) is 1.91. The minimum Gasteiger partial charge on any atom is -0.506 e. The Labute approximate surface area is 118 Å². The van der Waals surface area contributed by atoms with Crippen LogP contribution in [0.25, 0.3) is 10.8 Å². The fraction of sp³-hybridized carbons (Fsp3) is 0.312. The van der Waals surface area contributed by atoms with Gasteiger partial charge in [0.15, 0.2) is 0 Å². The molecule has 1 atom stereocenters. The lowest BCUT2D eigenvalue weighted by molar-refractivity contribution is 0.0787. The summed E-state index contributed by atoms with van der Waals surface area (Å²) in [4.78, 5) is 14.3. The fourth-order valence-corrected chi connectivity index (χ4v) is 2.78. The minimum atomic E-state index is -0.0917. The molecule has 1 unspecified atom stereocenters. The van der Waals surface area contributed by atoms with Crippen molar-refractivity contribution in [3.8, 4) is 5.75 Å². The summed E-state index contributed by atoms with van der Waals surface area (Å²) in [5.74, 6) is -0.00740. The van der Waals surface area contributed by atoms with Crippen molar-refractivity contribution in [2.75, 3.05) is 20.1 Å². The highest BCUT2D eigenvalue weighted by Crippen LogP contribution is 2.30. The number of hydrogen-bond donors (Lipinski definition) is 2. The first kappa shape index (κ1) is 12.9. The molecule has 1 amide bonds. The van der Waals surface area contributed by atoms with Crippen molar-refractivity contribution in [2.45, 2.75) is 12.5 Å². The van der Waals surface area contributed by atoms with Gasteiger partial charge in [-0.2, -0.15) is 0 Å². The van der Waals surface area contributed by atoms with Crippen LogP contribution in [0, 0.1) is 0 Å². The second-order valence-corrected chi connectivity index (χ2v) is 5.21. The van der Waals surface area contributed by atoms with Gasteiger partial charge in [-0.3, -0.25) is 4.79 Å². The molecule has 1 aliphatic rings. The smallest absolute Gasteiger partial charge is 0.257 e. The number of benzene rings is 2. The van der Waals surface area contributed by atoms with E-state index < -0.39 is 0 Å². The van der Waals surface area contributed by atoms with Gasteiger partial charge in [0.1, 0.15) is 5.75 Å². The molecule has 104 valence electrons. The lowest BCUT2D eigenvalue weighted by Crippen LogP contribution is -2.33. The zero-order chi connectivity index (χ0) is 14.1. The second-order valence-electron chi connectivity index (χ2n) is 5.21. The van der Waals surface area contributed by atoms with Gasteiger partial charge in [-0.15, -0.1) is 0 Å². The molecular formula is C16H18N2O2. The van der Waals surface area contributed by atoms with E-state index >= 15 is 0 Å². The standard InChI is InChI=1S/C16H18N2O2/c1-17-12-8-9-18(10-12)16(20)14-7-6-11-4-2-3-5-13(11)15(14)19/h2-7,12,17,19H,8-10H2,1H3. The molecule has 4 nitrogen and oxygen atoms in total. The van der Waals surface area contributed by atoms with Crippen LogP contribution in [-0.2, 0) is 0 Å². The molecule has 3 rings (SSSR count). The summed E-state index contributed by atoms with van der Waals surface area (Å²) in [5.41, 5.74) is 0.389. The number of phenolic OH excluding ortho intramolecular Hbond substituents is 1. The van der Waals surface area contributed by atoms with Crippen molar-refractivity contribution in [1.82, 2.24) is 10.2 Å². The molecule has 20 heavy (non-hydrogen) atoms. The Morgan fingerprint density at radius 1 is 1.30 bits per heavy atom. The van der Waals surface area contributed by atoms with Gasteiger partial charge in [-0.05, 0) is 24.9 Å². The molecule has 2 N–H and O–H groups in total. The number of likely N-dealkylation sites (N-methyl/N-ethyl adjacent to an activating group) is 1. The first-order valence-corrected chi connectivity index (χ1v) is 6.88. The number of carbonyl (C=O) groups is 1. The lowest BCUT2D eigenvalue weighted by Gasteiger charge is -2.17. The van der Waals surface area contributed by atoms with Gasteiger partial charge in [-0.1, -0.05) is 30.3 Å². The van der Waals surface area contributed by atoms with E-state index in [1.165, 1.54) is 0 Å². The van der Waals surface area contributed by atoms with Crippen molar-refractivity contribution >= 4 is 16.7 Å². The highest BCUT2D eigenvalue weighted by atomic mass is 16.3. The zero-order valence-corrected chi connectivity index (χ0v) is 11.5. The van der Waals surface area contributed by atoms with Crippen LogP contribution < -0.4 is 5.32 Å². The average Bonchev–Trinajstić information content (AvgIpc) is 2.96. The zero-order valence-electron chi connectivity index (χ0n) is 11.5. The van der Waals surface area contributed by atoms with Crippen molar-refractivity contribution in [2.24, 2.45) is 0 Å². The van der Waals surface area contributed by atoms with Crippen LogP contribution in [0.5, 0.6) is 5.75 Å². The van der Waals surface area contributed by atoms with Crippen LogP contribution in [-0.4, -0.2) is 42.1 Å². The number of nitrogens with one attached hydrogen (secondary N) is 1. The molecular weight excluding hydrogens is 252 g/mol. The number of carbonyl (C=O) groups excluding carboxylic acids is 1. The lowest BCUT2D eigenvalue weighted by atomic mass is 10.0. The summed E-state index contributed by atoms with van der Waals surface area (Å²) >= 11 is 0. The van der Waals surface area contributed by atoms with Crippen LogP contribution >= 0.6 is 0 Å². The maximum atomic E-state index is 12.5. The van der Waals surface area contributed by atoms with Gasteiger partial charge in [0.05, 0.1) is 5.56 Å². The third-order valence-corrected chi connectivity index (χ3v) is 4.01. The number of fused-ring (bicyclic) bond motifs is 1. The number of nitrogens with zero attached hydrogens (tertiary/aromatic N) is 1. The van der Waals surface area contributed by atoms with E-state index in [0.29, 0.717) is 18.2 Å². The molecule has 0 spiro atoms. The largest absolute Gasteiger partial charge is 0.506 e. The Kier molecular flexibility index (Phi) is 3.32.